The number of carbonyl (C=O) groups excluding carboxylic acids is 2. The van der Waals surface area contributed by atoms with Crippen LogP contribution in [0.4, 0.5) is 0 Å². The van der Waals surface area contributed by atoms with Crippen LogP contribution in [0.25, 0.3) is 10.9 Å². The Morgan fingerprint density at radius 1 is 1.35 bits per heavy atom. The van der Waals surface area contributed by atoms with Gasteiger partial charge in [0.2, 0.25) is 0 Å². The zero-order valence-corrected chi connectivity index (χ0v) is 11.6. The van der Waals surface area contributed by atoms with Gasteiger partial charge in [0.15, 0.2) is 6.61 Å². The molecule has 0 spiro atoms. The van der Waals surface area contributed by atoms with Crippen molar-refractivity contribution < 1.29 is 14.3 Å². The molecule has 0 aliphatic rings. The first kappa shape index (κ1) is 14.1. The van der Waals surface area contributed by atoms with E-state index in [4.69, 9.17) is 4.74 Å². The van der Waals surface area contributed by atoms with Crippen molar-refractivity contribution in [2.45, 2.75) is 26.3 Å². The standard InChI is InChI=1S/C15H18N2O3/c1-3-10(2)16-14(18)9-20-15(19)13-8-11-6-4-5-7-12(11)17-13/h4-8,10,17H,3,9H2,1-2H3,(H,16,18)/t10-/m1/s1. The zero-order valence-electron chi connectivity index (χ0n) is 11.6. The van der Waals surface area contributed by atoms with E-state index in [2.05, 4.69) is 10.3 Å². The van der Waals surface area contributed by atoms with E-state index in [1.54, 1.807) is 6.07 Å². The summed E-state index contributed by atoms with van der Waals surface area (Å²) in [5, 5.41) is 3.67. The van der Waals surface area contributed by atoms with Crippen molar-refractivity contribution in [3.05, 3.63) is 36.0 Å². The molecule has 20 heavy (non-hydrogen) atoms. The van der Waals surface area contributed by atoms with Gasteiger partial charge in [-0.1, -0.05) is 25.1 Å². The predicted octanol–water partition coefficient (Wildman–Crippen LogP) is 2.24. The molecular formula is C15H18N2O3. The third-order valence-electron chi connectivity index (χ3n) is 3.10. The molecule has 2 aromatic rings. The van der Waals surface area contributed by atoms with Crippen LogP contribution in [0.15, 0.2) is 30.3 Å². The van der Waals surface area contributed by atoms with Crippen LogP contribution in [0.3, 0.4) is 0 Å². The number of benzene rings is 1. The number of H-pyrrole nitrogens is 1. The molecule has 1 amide bonds. The minimum atomic E-state index is -0.527. The van der Waals surface area contributed by atoms with E-state index >= 15 is 0 Å². The fraction of sp³-hybridized carbons (Fsp3) is 0.333. The maximum atomic E-state index is 11.8. The third kappa shape index (κ3) is 3.38. The highest BCUT2D eigenvalue weighted by molar-refractivity contribution is 5.95. The van der Waals surface area contributed by atoms with E-state index in [0.717, 1.165) is 17.3 Å². The number of ether oxygens (including phenoxy) is 1. The topological polar surface area (TPSA) is 71.2 Å². The number of hydrogen-bond donors (Lipinski definition) is 2. The van der Waals surface area contributed by atoms with Crippen molar-refractivity contribution in [3.63, 3.8) is 0 Å². The Morgan fingerprint density at radius 2 is 2.10 bits per heavy atom. The van der Waals surface area contributed by atoms with Gasteiger partial charge in [0.1, 0.15) is 5.69 Å². The number of rotatable bonds is 5. The van der Waals surface area contributed by atoms with Crippen molar-refractivity contribution in [2.75, 3.05) is 6.61 Å². The zero-order chi connectivity index (χ0) is 14.5. The maximum absolute atomic E-state index is 11.8. The fourth-order valence-corrected chi connectivity index (χ4v) is 1.81. The summed E-state index contributed by atoms with van der Waals surface area (Å²) < 4.78 is 4.98. The van der Waals surface area contributed by atoms with Crippen LogP contribution in [0, 0.1) is 0 Å². The van der Waals surface area contributed by atoms with Gasteiger partial charge in [-0.05, 0) is 25.5 Å². The molecular weight excluding hydrogens is 256 g/mol. The lowest BCUT2D eigenvalue weighted by atomic mass is 10.2. The highest BCUT2D eigenvalue weighted by Crippen LogP contribution is 2.15. The van der Waals surface area contributed by atoms with Crippen molar-refractivity contribution in [2.24, 2.45) is 0 Å². The van der Waals surface area contributed by atoms with Crippen molar-refractivity contribution in [1.29, 1.82) is 0 Å². The van der Waals surface area contributed by atoms with Gasteiger partial charge in [0, 0.05) is 16.9 Å². The second-order valence-electron chi connectivity index (χ2n) is 4.72. The van der Waals surface area contributed by atoms with Gasteiger partial charge >= 0.3 is 5.97 Å². The van der Waals surface area contributed by atoms with Crippen LogP contribution in [-0.4, -0.2) is 29.5 Å². The van der Waals surface area contributed by atoms with Crippen molar-refractivity contribution in [1.82, 2.24) is 10.3 Å². The largest absolute Gasteiger partial charge is 0.451 e. The molecule has 1 aromatic heterocycles. The van der Waals surface area contributed by atoms with Crippen LogP contribution < -0.4 is 5.32 Å². The average molecular weight is 274 g/mol. The number of carbonyl (C=O) groups is 2. The fourth-order valence-electron chi connectivity index (χ4n) is 1.81. The Labute approximate surface area is 117 Å². The Morgan fingerprint density at radius 3 is 2.80 bits per heavy atom. The second kappa shape index (κ2) is 6.23. The van der Waals surface area contributed by atoms with Crippen LogP contribution in [-0.2, 0) is 9.53 Å². The minimum Gasteiger partial charge on any atom is -0.451 e. The van der Waals surface area contributed by atoms with E-state index in [-0.39, 0.29) is 18.6 Å². The van der Waals surface area contributed by atoms with E-state index in [0.29, 0.717) is 5.69 Å². The predicted molar refractivity (Wildman–Crippen MR) is 76.5 cm³/mol. The van der Waals surface area contributed by atoms with Crippen molar-refractivity contribution >= 4 is 22.8 Å². The Balaban J connectivity index is 1.93. The number of esters is 1. The van der Waals surface area contributed by atoms with Gasteiger partial charge in [-0.2, -0.15) is 0 Å². The summed E-state index contributed by atoms with van der Waals surface area (Å²) >= 11 is 0. The monoisotopic (exact) mass is 274 g/mol. The van der Waals surface area contributed by atoms with Gasteiger partial charge in [-0.15, -0.1) is 0 Å². The average Bonchev–Trinajstić information content (AvgIpc) is 2.88. The summed E-state index contributed by atoms with van der Waals surface area (Å²) in [6, 6.07) is 9.34. The molecule has 1 atom stereocenters. The summed E-state index contributed by atoms with van der Waals surface area (Å²) in [5.41, 5.74) is 1.21. The smallest absolute Gasteiger partial charge is 0.355 e. The maximum Gasteiger partial charge on any atom is 0.355 e. The minimum absolute atomic E-state index is 0.0780. The number of fused-ring (bicyclic) bond motifs is 1. The molecule has 0 radical (unpaired) electrons. The molecule has 1 heterocycles. The van der Waals surface area contributed by atoms with Gasteiger partial charge in [-0.25, -0.2) is 4.79 Å². The number of aromatic nitrogens is 1. The van der Waals surface area contributed by atoms with Crippen LogP contribution in [0.5, 0.6) is 0 Å². The summed E-state index contributed by atoms with van der Waals surface area (Å²) in [6.45, 7) is 3.61. The van der Waals surface area contributed by atoms with Gasteiger partial charge < -0.3 is 15.0 Å². The number of hydrogen-bond acceptors (Lipinski definition) is 3. The van der Waals surface area contributed by atoms with Gasteiger partial charge in [0.05, 0.1) is 0 Å². The SMILES string of the molecule is CC[C@@H](C)NC(=O)COC(=O)c1cc2ccccc2[nH]1. The van der Waals surface area contributed by atoms with E-state index in [1.807, 2.05) is 38.1 Å². The molecule has 0 aliphatic heterocycles. The Hall–Kier alpha value is -2.30. The van der Waals surface area contributed by atoms with Crippen LogP contribution in [0.2, 0.25) is 0 Å². The van der Waals surface area contributed by atoms with Crippen molar-refractivity contribution in [3.8, 4) is 0 Å². The molecule has 2 N–H and O–H groups in total. The lowest BCUT2D eigenvalue weighted by Gasteiger charge is -2.11. The quantitative estimate of drug-likeness (QED) is 0.821. The van der Waals surface area contributed by atoms with E-state index in [1.165, 1.54) is 0 Å². The Bertz CT molecular complexity index is 585. The molecule has 0 saturated heterocycles. The Kier molecular flexibility index (Phi) is 4.40. The molecule has 5 nitrogen and oxygen atoms in total. The van der Waals surface area contributed by atoms with Gasteiger partial charge in [-0.3, -0.25) is 4.79 Å². The summed E-state index contributed by atoms with van der Waals surface area (Å²) in [7, 11) is 0. The van der Waals surface area contributed by atoms with Crippen LogP contribution in [0.1, 0.15) is 30.8 Å². The molecule has 5 heteroatoms. The molecule has 0 saturated carbocycles. The molecule has 1 aromatic carbocycles. The summed E-state index contributed by atoms with van der Waals surface area (Å²) in [4.78, 5) is 26.3. The van der Waals surface area contributed by atoms with Gasteiger partial charge in [0.25, 0.3) is 5.91 Å². The lowest BCUT2D eigenvalue weighted by molar-refractivity contribution is -0.124. The number of para-hydroxylation sites is 1. The number of nitrogens with one attached hydrogen (secondary N) is 2. The van der Waals surface area contributed by atoms with E-state index < -0.39 is 5.97 Å². The highest BCUT2D eigenvalue weighted by Gasteiger charge is 2.13. The third-order valence-corrected chi connectivity index (χ3v) is 3.10. The van der Waals surface area contributed by atoms with Crippen LogP contribution >= 0.6 is 0 Å². The van der Waals surface area contributed by atoms with E-state index in [9.17, 15) is 9.59 Å². The molecule has 106 valence electrons. The molecule has 0 unspecified atom stereocenters. The molecule has 0 bridgehead atoms. The first-order valence-electron chi connectivity index (χ1n) is 6.64. The molecule has 0 fully saturated rings. The lowest BCUT2D eigenvalue weighted by Crippen LogP contribution is -2.35. The number of aromatic amines is 1. The summed E-state index contributed by atoms with van der Waals surface area (Å²) in [6.07, 6.45) is 0.835. The first-order chi connectivity index (χ1) is 9.60. The molecule has 2 rings (SSSR count). The normalized spacial score (nSPS) is 12.1. The highest BCUT2D eigenvalue weighted by atomic mass is 16.5. The molecule has 0 aliphatic carbocycles. The summed E-state index contributed by atoms with van der Waals surface area (Å²) in [5.74, 6) is -0.815. The first-order valence-corrected chi connectivity index (χ1v) is 6.64. The second-order valence-corrected chi connectivity index (χ2v) is 4.72. The number of amides is 1.